The molecule has 4 rings (SSSR count). The highest BCUT2D eigenvalue weighted by atomic mass is 19.3. The lowest BCUT2D eigenvalue weighted by atomic mass is 9.94. The molecule has 2 aromatic carbocycles. The smallest absolute Gasteiger partial charge is 0.387 e. The van der Waals surface area contributed by atoms with Crippen LogP contribution in [0.5, 0.6) is 5.75 Å². The summed E-state index contributed by atoms with van der Waals surface area (Å²) in [7, 11) is 0. The number of rotatable bonds is 8. The van der Waals surface area contributed by atoms with Crippen molar-refractivity contribution in [1.82, 2.24) is 9.80 Å². The Bertz CT molecular complexity index is 965. The second kappa shape index (κ2) is 10.3. The molecule has 0 spiro atoms. The van der Waals surface area contributed by atoms with Crippen LogP contribution in [0.3, 0.4) is 0 Å². The Morgan fingerprint density at radius 1 is 1.06 bits per heavy atom. The molecule has 2 fully saturated rings. The van der Waals surface area contributed by atoms with Crippen LogP contribution in [0.4, 0.5) is 8.78 Å². The lowest BCUT2D eigenvalue weighted by Crippen LogP contribution is -2.49. The van der Waals surface area contributed by atoms with Gasteiger partial charge in [-0.25, -0.2) is 0 Å². The highest BCUT2D eigenvalue weighted by Crippen LogP contribution is 2.37. The molecule has 5 nitrogen and oxygen atoms in total. The van der Waals surface area contributed by atoms with Gasteiger partial charge >= 0.3 is 6.61 Å². The Labute approximate surface area is 193 Å². The molecule has 2 aromatic rings. The molecule has 0 radical (unpaired) electrons. The van der Waals surface area contributed by atoms with E-state index in [1.807, 2.05) is 35.2 Å². The van der Waals surface area contributed by atoms with E-state index < -0.39 is 6.61 Å². The van der Waals surface area contributed by atoms with E-state index in [4.69, 9.17) is 0 Å². The van der Waals surface area contributed by atoms with Crippen molar-refractivity contribution in [2.24, 2.45) is 11.8 Å². The number of halogens is 2. The SMILES string of the molecule is CC(C1CC1)N(Cc1ccccc1)C(=O)C1CCCN(C(=O)c2ccccc2OC(F)F)C1. The fraction of sp³-hybridized carbons (Fsp3) is 0.462. The standard InChI is InChI=1S/C26H30F2N2O3/c1-18(20-13-14-20)30(16-19-8-3-2-4-9-19)24(31)21-10-7-15-29(17-21)25(32)22-11-5-6-12-23(22)33-26(27)28/h2-6,8-9,11-12,18,20-21,26H,7,10,13-17H2,1H3. The molecule has 0 N–H and O–H groups in total. The minimum Gasteiger partial charge on any atom is -0.434 e. The Balaban J connectivity index is 1.49. The van der Waals surface area contributed by atoms with Crippen LogP contribution in [-0.2, 0) is 11.3 Å². The predicted octanol–water partition coefficient (Wildman–Crippen LogP) is 4.97. The number of hydrogen-bond acceptors (Lipinski definition) is 3. The molecule has 0 bridgehead atoms. The molecular formula is C26H30F2N2O3. The number of ether oxygens (including phenoxy) is 1. The van der Waals surface area contributed by atoms with E-state index in [-0.39, 0.29) is 41.6 Å². The third-order valence-electron chi connectivity index (χ3n) is 6.67. The van der Waals surface area contributed by atoms with Gasteiger partial charge < -0.3 is 14.5 Å². The van der Waals surface area contributed by atoms with Gasteiger partial charge in [0.15, 0.2) is 0 Å². The average Bonchev–Trinajstić information content (AvgIpc) is 3.68. The lowest BCUT2D eigenvalue weighted by molar-refractivity contribution is -0.140. The van der Waals surface area contributed by atoms with Crippen LogP contribution in [0.1, 0.15) is 48.5 Å². The third kappa shape index (κ3) is 5.70. The number of benzene rings is 2. The Morgan fingerprint density at radius 3 is 2.45 bits per heavy atom. The van der Waals surface area contributed by atoms with E-state index in [1.54, 1.807) is 17.0 Å². The van der Waals surface area contributed by atoms with Crippen LogP contribution >= 0.6 is 0 Å². The molecule has 1 aliphatic carbocycles. The monoisotopic (exact) mass is 456 g/mol. The van der Waals surface area contributed by atoms with Crippen LogP contribution in [0.2, 0.25) is 0 Å². The van der Waals surface area contributed by atoms with Crippen molar-refractivity contribution < 1.29 is 23.1 Å². The summed E-state index contributed by atoms with van der Waals surface area (Å²) in [5, 5.41) is 0. The van der Waals surface area contributed by atoms with Gasteiger partial charge in [0, 0.05) is 25.7 Å². The second-order valence-electron chi connectivity index (χ2n) is 8.99. The van der Waals surface area contributed by atoms with Gasteiger partial charge in [-0.3, -0.25) is 9.59 Å². The first kappa shape index (κ1) is 23.2. The van der Waals surface area contributed by atoms with E-state index in [0.717, 1.165) is 18.4 Å². The number of para-hydroxylation sites is 1. The molecule has 0 aromatic heterocycles. The Morgan fingerprint density at radius 2 is 1.76 bits per heavy atom. The van der Waals surface area contributed by atoms with E-state index >= 15 is 0 Å². The molecule has 1 aliphatic heterocycles. The number of likely N-dealkylation sites (tertiary alicyclic amines) is 1. The first-order valence-electron chi connectivity index (χ1n) is 11.6. The molecule has 2 atom stereocenters. The number of hydrogen-bond donors (Lipinski definition) is 0. The van der Waals surface area contributed by atoms with Gasteiger partial charge in [0.1, 0.15) is 5.75 Å². The number of nitrogens with zero attached hydrogens (tertiary/aromatic N) is 2. The number of carbonyl (C=O) groups excluding carboxylic acids is 2. The van der Waals surface area contributed by atoms with E-state index in [9.17, 15) is 18.4 Å². The molecule has 33 heavy (non-hydrogen) atoms. The minimum absolute atomic E-state index is 0.0628. The van der Waals surface area contributed by atoms with Crippen molar-refractivity contribution in [2.75, 3.05) is 13.1 Å². The summed E-state index contributed by atoms with van der Waals surface area (Å²) >= 11 is 0. The van der Waals surface area contributed by atoms with Crippen molar-refractivity contribution >= 4 is 11.8 Å². The Kier molecular flexibility index (Phi) is 7.26. The lowest BCUT2D eigenvalue weighted by Gasteiger charge is -2.37. The van der Waals surface area contributed by atoms with Crippen LogP contribution in [0, 0.1) is 11.8 Å². The molecule has 1 saturated heterocycles. The highest BCUT2D eigenvalue weighted by molar-refractivity contribution is 5.97. The maximum atomic E-state index is 13.7. The summed E-state index contributed by atoms with van der Waals surface area (Å²) in [6.45, 7) is 0.422. The molecule has 1 heterocycles. The Hall–Kier alpha value is -2.96. The molecule has 2 unspecified atom stereocenters. The van der Waals surface area contributed by atoms with Crippen LogP contribution < -0.4 is 4.74 Å². The zero-order valence-electron chi connectivity index (χ0n) is 18.8. The van der Waals surface area contributed by atoms with Crippen LogP contribution in [0.25, 0.3) is 0 Å². The maximum absolute atomic E-state index is 13.7. The number of amides is 2. The summed E-state index contributed by atoms with van der Waals surface area (Å²) in [4.78, 5) is 30.4. The predicted molar refractivity (Wildman–Crippen MR) is 121 cm³/mol. The molecule has 2 amide bonds. The fourth-order valence-corrected chi connectivity index (χ4v) is 4.65. The van der Waals surface area contributed by atoms with Crippen molar-refractivity contribution in [1.29, 1.82) is 0 Å². The zero-order chi connectivity index (χ0) is 23.4. The topological polar surface area (TPSA) is 49.9 Å². The highest BCUT2D eigenvalue weighted by Gasteiger charge is 2.38. The van der Waals surface area contributed by atoms with Gasteiger partial charge in [0.2, 0.25) is 5.91 Å². The molecule has 176 valence electrons. The average molecular weight is 457 g/mol. The van der Waals surface area contributed by atoms with Gasteiger partial charge in [-0.15, -0.1) is 0 Å². The summed E-state index contributed by atoms with van der Waals surface area (Å²) in [5.74, 6) is -0.242. The summed E-state index contributed by atoms with van der Waals surface area (Å²) < 4.78 is 30.1. The van der Waals surface area contributed by atoms with Gasteiger partial charge in [0.05, 0.1) is 11.5 Å². The molecule has 1 saturated carbocycles. The minimum atomic E-state index is -3.01. The number of carbonyl (C=O) groups is 2. The third-order valence-corrected chi connectivity index (χ3v) is 6.67. The van der Waals surface area contributed by atoms with Crippen molar-refractivity contribution in [3.63, 3.8) is 0 Å². The second-order valence-corrected chi connectivity index (χ2v) is 8.99. The van der Waals surface area contributed by atoms with Crippen LogP contribution in [0.15, 0.2) is 54.6 Å². The fourth-order valence-electron chi connectivity index (χ4n) is 4.65. The van der Waals surface area contributed by atoms with Crippen molar-refractivity contribution in [3.05, 3.63) is 65.7 Å². The molecular weight excluding hydrogens is 426 g/mol. The van der Waals surface area contributed by atoms with Crippen molar-refractivity contribution in [2.45, 2.75) is 51.8 Å². The van der Waals surface area contributed by atoms with Gasteiger partial charge in [-0.2, -0.15) is 8.78 Å². The first-order chi connectivity index (χ1) is 15.9. The van der Waals surface area contributed by atoms with Crippen LogP contribution in [-0.4, -0.2) is 47.4 Å². The molecule has 2 aliphatic rings. The first-order valence-corrected chi connectivity index (χ1v) is 11.6. The largest absolute Gasteiger partial charge is 0.434 e. The summed E-state index contributed by atoms with van der Waals surface area (Å²) in [6.07, 6.45) is 3.67. The van der Waals surface area contributed by atoms with E-state index in [2.05, 4.69) is 11.7 Å². The normalized spacial score (nSPS) is 19.3. The summed E-state index contributed by atoms with van der Waals surface area (Å²) in [6, 6.07) is 16.1. The molecule has 7 heteroatoms. The quantitative estimate of drug-likeness (QED) is 0.564. The number of alkyl halides is 2. The van der Waals surface area contributed by atoms with Gasteiger partial charge in [-0.1, -0.05) is 42.5 Å². The maximum Gasteiger partial charge on any atom is 0.387 e. The van der Waals surface area contributed by atoms with Gasteiger partial charge in [0.25, 0.3) is 5.91 Å². The van der Waals surface area contributed by atoms with Crippen molar-refractivity contribution in [3.8, 4) is 5.75 Å². The summed E-state index contributed by atoms with van der Waals surface area (Å²) in [5.41, 5.74) is 1.18. The van der Waals surface area contributed by atoms with E-state index in [1.165, 1.54) is 12.1 Å². The number of piperidine rings is 1. The van der Waals surface area contributed by atoms with Gasteiger partial charge in [-0.05, 0) is 56.2 Å². The van der Waals surface area contributed by atoms with E-state index in [0.29, 0.717) is 31.8 Å². The zero-order valence-corrected chi connectivity index (χ0v) is 18.8.